The van der Waals surface area contributed by atoms with Crippen molar-refractivity contribution in [3.8, 4) is 5.75 Å². The number of hydrogen-bond acceptors (Lipinski definition) is 9. The normalized spacial score (nSPS) is 28.7. The van der Waals surface area contributed by atoms with Crippen molar-refractivity contribution in [2.45, 2.75) is 63.1 Å². The van der Waals surface area contributed by atoms with Gasteiger partial charge in [-0.25, -0.2) is 0 Å². The molecule has 222 valence electrons. The summed E-state index contributed by atoms with van der Waals surface area (Å²) in [6.07, 6.45) is 6.32. The first-order valence-electron chi connectivity index (χ1n) is 14.2. The molecule has 11 heteroatoms. The van der Waals surface area contributed by atoms with Gasteiger partial charge in [-0.05, 0) is 75.9 Å². The number of aliphatic hydroxyl groups is 3. The number of phenolic OH excluding ortho intramolecular Hbond substituents is 1. The quantitative estimate of drug-likeness (QED) is 0.315. The van der Waals surface area contributed by atoms with Crippen LogP contribution in [0.4, 0.5) is 0 Å². The second-order valence-corrected chi connectivity index (χ2v) is 12.8. The molecule has 1 aromatic rings. The zero-order valence-electron chi connectivity index (χ0n) is 23.6. The van der Waals surface area contributed by atoms with Gasteiger partial charge in [0.2, 0.25) is 5.78 Å². The fourth-order valence-electron chi connectivity index (χ4n) is 7.63. The van der Waals surface area contributed by atoms with E-state index in [2.05, 4.69) is 4.90 Å². The van der Waals surface area contributed by atoms with Crippen LogP contribution in [0.25, 0.3) is 0 Å². The van der Waals surface area contributed by atoms with E-state index in [-0.39, 0.29) is 29.7 Å². The summed E-state index contributed by atoms with van der Waals surface area (Å²) in [6.45, 7) is 1.39. The molecule has 1 saturated carbocycles. The summed E-state index contributed by atoms with van der Waals surface area (Å²) in [5, 5.41) is 45.4. The van der Waals surface area contributed by atoms with Crippen molar-refractivity contribution < 1.29 is 34.8 Å². The molecular weight excluding hydrogens is 550 g/mol. The number of phenols is 1. The summed E-state index contributed by atoms with van der Waals surface area (Å²) in [5.74, 6) is -6.15. The van der Waals surface area contributed by atoms with Crippen LogP contribution in [0.15, 0.2) is 28.7 Å². The van der Waals surface area contributed by atoms with E-state index in [1.807, 2.05) is 7.05 Å². The first-order valence-corrected chi connectivity index (χ1v) is 14.5. The number of halogens is 1. The number of amides is 1. The van der Waals surface area contributed by atoms with Crippen molar-refractivity contribution in [1.82, 2.24) is 9.80 Å². The molecule has 1 unspecified atom stereocenters. The Morgan fingerprint density at radius 2 is 1.78 bits per heavy atom. The number of aliphatic hydroxyl groups excluding tert-OH is 2. The Morgan fingerprint density at radius 3 is 2.39 bits per heavy atom. The summed E-state index contributed by atoms with van der Waals surface area (Å²) < 4.78 is 0. The highest BCUT2D eigenvalue weighted by Gasteiger charge is 2.63. The van der Waals surface area contributed by atoms with Gasteiger partial charge >= 0.3 is 0 Å². The van der Waals surface area contributed by atoms with Crippen molar-refractivity contribution in [2.75, 3.05) is 27.7 Å². The summed E-state index contributed by atoms with van der Waals surface area (Å²) in [4.78, 5) is 43.0. The van der Waals surface area contributed by atoms with Gasteiger partial charge in [-0.3, -0.25) is 19.3 Å². The third kappa shape index (κ3) is 4.65. The van der Waals surface area contributed by atoms with Crippen LogP contribution in [0.3, 0.4) is 0 Å². The lowest BCUT2D eigenvalue weighted by atomic mass is 9.58. The van der Waals surface area contributed by atoms with Crippen molar-refractivity contribution in [3.05, 3.63) is 50.4 Å². The number of allylic oxidation sites excluding steroid dienone is 1. The van der Waals surface area contributed by atoms with E-state index in [0.29, 0.717) is 28.6 Å². The number of Topliss-reactive ketones (excluding diaryl/α,β-unsaturated/α-hetero) is 2. The topological polar surface area (TPSA) is 165 Å². The zero-order valence-corrected chi connectivity index (χ0v) is 24.4. The number of carbonyl (C=O) groups is 3. The number of carbonyl (C=O) groups excluding carboxylic acids is 3. The van der Waals surface area contributed by atoms with Crippen LogP contribution in [0, 0.1) is 17.8 Å². The van der Waals surface area contributed by atoms with Crippen molar-refractivity contribution >= 4 is 29.1 Å². The molecule has 0 saturated heterocycles. The Hall–Kier alpha value is -2.92. The first kappa shape index (κ1) is 29.6. The van der Waals surface area contributed by atoms with Gasteiger partial charge < -0.3 is 31.1 Å². The molecule has 41 heavy (non-hydrogen) atoms. The highest BCUT2D eigenvalue weighted by molar-refractivity contribution is 6.33. The molecule has 1 aromatic carbocycles. The second kappa shape index (κ2) is 10.7. The van der Waals surface area contributed by atoms with Gasteiger partial charge in [0.15, 0.2) is 11.4 Å². The minimum absolute atomic E-state index is 0.0225. The number of primary amides is 1. The van der Waals surface area contributed by atoms with E-state index < -0.39 is 58.0 Å². The number of ketones is 2. The maximum absolute atomic E-state index is 13.8. The lowest BCUT2D eigenvalue weighted by Gasteiger charge is -2.50. The minimum Gasteiger partial charge on any atom is -0.510 e. The predicted octanol–water partition coefficient (Wildman–Crippen LogP) is 2.79. The average molecular weight is 588 g/mol. The standard InChI is InChI=1S/C30H38ClN3O7/c1-33(2)24-18-10-15-9-17-21(19(35)11-16(23(17)31)13-34(3)12-14-7-5-4-6-8-14)25(36)20(15)27(38)30(18,41)28(39)22(26(24)37)29(32)40/h11,14-15,18,24,35,37-38,41H,4-10,12-13H2,1-3H3,(H2,32,40)/t15-,18-,24-,30?/m0/s1. The van der Waals surface area contributed by atoms with Gasteiger partial charge in [0.1, 0.15) is 22.8 Å². The Morgan fingerprint density at radius 1 is 1.12 bits per heavy atom. The highest BCUT2D eigenvalue weighted by Crippen LogP contribution is 2.53. The summed E-state index contributed by atoms with van der Waals surface area (Å²) >= 11 is 6.88. The molecule has 0 bridgehead atoms. The molecule has 0 aromatic heterocycles. The molecular formula is C30H38ClN3O7. The van der Waals surface area contributed by atoms with Crippen molar-refractivity contribution in [2.24, 2.45) is 23.5 Å². The molecule has 1 amide bonds. The molecule has 0 heterocycles. The monoisotopic (exact) mass is 587 g/mol. The Balaban J connectivity index is 1.54. The van der Waals surface area contributed by atoms with Crippen LogP contribution < -0.4 is 5.73 Å². The van der Waals surface area contributed by atoms with Gasteiger partial charge in [-0.1, -0.05) is 30.9 Å². The Kier molecular flexibility index (Phi) is 7.74. The number of rotatable bonds is 6. The van der Waals surface area contributed by atoms with Gasteiger partial charge in [0.25, 0.3) is 5.91 Å². The van der Waals surface area contributed by atoms with Gasteiger partial charge in [-0.2, -0.15) is 0 Å². The van der Waals surface area contributed by atoms with Gasteiger partial charge in [0.05, 0.1) is 11.6 Å². The highest BCUT2D eigenvalue weighted by atomic mass is 35.5. The van der Waals surface area contributed by atoms with Crippen LogP contribution in [-0.4, -0.2) is 87.0 Å². The SMILES string of the molecule is CN(Cc1cc(O)c2c(c1Cl)C[C@H]1C[C@H]3[C@H](N(C)C)C(O)=C(C(N)=O)C(=O)C3(O)C(O)=C1C2=O)CC1CCCCC1. The largest absolute Gasteiger partial charge is 0.510 e. The van der Waals surface area contributed by atoms with Crippen LogP contribution >= 0.6 is 11.6 Å². The molecule has 0 aliphatic heterocycles. The molecule has 6 N–H and O–H groups in total. The fourth-order valence-corrected chi connectivity index (χ4v) is 7.92. The molecule has 4 aliphatic rings. The van der Waals surface area contributed by atoms with Gasteiger partial charge in [-0.15, -0.1) is 0 Å². The summed E-state index contributed by atoms with van der Waals surface area (Å²) in [5.41, 5.74) is 2.75. The Bertz CT molecular complexity index is 1380. The first-order chi connectivity index (χ1) is 19.3. The second-order valence-electron chi connectivity index (χ2n) is 12.4. The number of nitrogens with two attached hydrogens (primary N) is 1. The van der Waals surface area contributed by atoms with E-state index >= 15 is 0 Å². The molecule has 4 atom stereocenters. The van der Waals surface area contributed by atoms with Crippen LogP contribution in [0.5, 0.6) is 5.75 Å². The number of nitrogens with zero attached hydrogens (tertiary/aromatic N) is 2. The van der Waals surface area contributed by atoms with Gasteiger partial charge in [0, 0.05) is 29.6 Å². The van der Waals surface area contributed by atoms with E-state index in [9.17, 15) is 34.8 Å². The van der Waals surface area contributed by atoms with E-state index in [1.54, 1.807) is 14.1 Å². The summed E-state index contributed by atoms with van der Waals surface area (Å²) in [6, 6.07) is 0.429. The number of fused-ring (bicyclic) bond motifs is 3. The zero-order chi connectivity index (χ0) is 30.0. The molecule has 0 radical (unpaired) electrons. The molecule has 5 rings (SSSR count). The summed E-state index contributed by atoms with van der Waals surface area (Å²) in [7, 11) is 5.20. The number of benzene rings is 1. The van der Waals surface area contributed by atoms with Crippen LogP contribution in [-0.2, 0) is 22.6 Å². The Labute approximate surface area is 244 Å². The number of aromatic hydroxyl groups is 1. The predicted molar refractivity (Wildman–Crippen MR) is 152 cm³/mol. The smallest absolute Gasteiger partial charge is 0.255 e. The molecule has 4 aliphatic carbocycles. The van der Waals surface area contributed by atoms with Crippen molar-refractivity contribution in [1.29, 1.82) is 0 Å². The minimum atomic E-state index is -2.66. The van der Waals surface area contributed by atoms with Crippen LogP contribution in [0.1, 0.15) is 60.0 Å². The average Bonchev–Trinajstić information content (AvgIpc) is 2.89. The fraction of sp³-hybridized carbons (Fsp3) is 0.567. The molecule has 1 fully saturated rings. The maximum atomic E-state index is 13.8. The van der Waals surface area contributed by atoms with E-state index in [1.165, 1.54) is 43.1 Å². The number of likely N-dealkylation sites (N-methyl/N-ethyl adjacent to an activating group) is 1. The molecule has 0 spiro atoms. The lowest BCUT2D eigenvalue weighted by Crippen LogP contribution is -2.63. The van der Waals surface area contributed by atoms with Crippen molar-refractivity contribution in [3.63, 3.8) is 0 Å². The van der Waals surface area contributed by atoms with E-state index in [4.69, 9.17) is 17.3 Å². The van der Waals surface area contributed by atoms with Crippen LogP contribution in [0.2, 0.25) is 5.02 Å². The van der Waals surface area contributed by atoms with E-state index in [0.717, 1.165) is 6.54 Å². The number of hydrogen-bond donors (Lipinski definition) is 5. The maximum Gasteiger partial charge on any atom is 0.255 e. The third-order valence-electron chi connectivity index (χ3n) is 9.47. The third-order valence-corrected chi connectivity index (χ3v) is 9.94. The molecule has 10 nitrogen and oxygen atoms in total. The lowest BCUT2D eigenvalue weighted by molar-refractivity contribution is -0.148.